The number of anilines is 2. The van der Waals surface area contributed by atoms with Crippen LogP contribution in [0.2, 0.25) is 0 Å². The lowest BCUT2D eigenvalue weighted by molar-refractivity contribution is 0.0342. The summed E-state index contributed by atoms with van der Waals surface area (Å²) in [5.41, 5.74) is 7.19. The summed E-state index contributed by atoms with van der Waals surface area (Å²) >= 11 is 0. The molecule has 0 radical (unpaired) electrons. The summed E-state index contributed by atoms with van der Waals surface area (Å²) in [6.07, 6.45) is 3.91. The van der Waals surface area contributed by atoms with Gasteiger partial charge in [-0.1, -0.05) is 6.08 Å². The number of carbonyl (C=O) groups is 1. The maximum absolute atomic E-state index is 11.9. The summed E-state index contributed by atoms with van der Waals surface area (Å²) in [5, 5.41) is 26.4. The second-order valence-corrected chi connectivity index (χ2v) is 6.65. The molecule has 1 aromatic heterocycles. The Morgan fingerprint density at radius 1 is 1.50 bits per heavy atom. The van der Waals surface area contributed by atoms with Crippen molar-refractivity contribution in [2.24, 2.45) is 11.7 Å². The van der Waals surface area contributed by atoms with Gasteiger partial charge in [0.2, 0.25) is 0 Å². The number of amides is 1. The van der Waals surface area contributed by atoms with Gasteiger partial charge in [-0.15, -0.1) is 0 Å². The Hall–Kier alpha value is -3.29. The highest BCUT2D eigenvalue weighted by atomic mass is 16.5. The first-order valence-corrected chi connectivity index (χ1v) is 8.85. The van der Waals surface area contributed by atoms with Gasteiger partial charge in [-0.05, 0) is 30.6 Å². The lowest BCUT2D eigenvalue weighted by Gasteiger charge is -2.26. The summed E-state index contributed by atoms with van der Waals surface area (Å²) in [4.78, 5) is 11.9. The van der Waals surface area contributed by atoms with Crippen LogP contribution in [0.5, 0.6) is 5.75 Å². The van der Waals surface area contributed by atoms with Gasteiger partial charge in [-0.2, -0.15) is 10.4 Å². The third-order valence-electron chi connectivity index (χ3n) is 4.79. The minimum atomic E-state index is -0.964. The first-order valence-electron chi connectivity index (χ1n) is 8.85. The standard InChI is InChI=1S/C18H18BN5O4/c20-8-12-4-6-27-10-15(12)24-9-14(17(21)25)18(23-24)22-13-1-2-16-11(7-13)3-5-19(26)28-16/h1-3,5,7,9,12,15,26H,4,6,10H2,(H2,21,25)(H,22,23)/t12?,15-/m0/s1. The van der Waals surface area contributed by atoms with Gasteiger partial charge in [0, 0.05) is 24.1 Å². The lowest BCUT2D eigenvalue weighted by Crippen LogP contribution is -2.29. The zero-order chi connectivity index (χ0) is 19.7. The fourth-order valence-corrected chi connectivity index (χ4v) is 3.32. The number of ether oxygens (including phenoxy) is 1. The molecule has 2 aliphatic heterocycles. The molecule has 2 aromatic rings. The van der Waals surface area contributed by atoms with Crippen LogP contribution >= 0.6 is 0 Å². The van der Waals surface area contributed by atoms with Crippen molar-refractivity contribution in [2.75, 3.05) is 18.5 Å². The van der Waals surface area contributed by atoms with Crippen molar-refractivity contribution in [3.63, 3.8) is 0 Å². The van der Waals surface area contributed by atoms with Crippen molar-refractivity contribution < 1.29 is 19.2 Å². The van der Waals surface area contributed by atoms with Crippen LogP contribution in [0.15, 0.2) is 30.4 Å². The third kappa shape index (κ3) is 3.45. The van der Waals surface area contributed by atoms with Crippen molar-refractivity contribution in [2.45, 2.75) is 12.5 Å². The highest BCUT2D eigenvalue weighted by Crippen LogP contribution is 2.31. The van der Waals surface area contributed by atoms with Crippen molar-refractivity contribution in [3.05, 3.63) is 41.5 Å². The molecule has 9 nitrogen and oxygen atoms in total. The predicted molar refractivity (Wildman–Crippen MR) is 102 cm³/mol. The molecule has 0 aliphatic carbocycles. The monoisotopic (exact) mass is 379 g/mol. The lowest BCUT2D eigenvalue weighted by atomic mass is 9.86. The van der Waals surface area contributed by atoms with Crippen molar-refractivity contribution in [1.82, 2.24) is 9.78 Å². The van der Waals surface area contributed by atoms with Gasteiger partial charge in [-0.25, -0.2) is 0 Å². The molecule has 4 rings (SSSR count). The van der Waals surface area contributed by atoms with E-state index in [1.165, 1.54) is 5.98 Å². The fraction of sp³-hybridized carbons (Fsp3) is 0.278. The summed E-state index contributed by atoms with van der Waals surface area (Å²) in [7, 11) is -0.964. The van der Waals surface area contributed by atoms with E-state index in [4.69, 9.17) is 15.1 Å². The second kappa shape index (κ2) is 7.38. The SMILES string of the molecule is N#CC1CCOC[C@@H]1n1cc(C(N)=O)c(Nc2ccc3c(c2)C=CB(O)O3)n1. The van der Waals surface area contributed by atoms with Gasteiger partial charge in [0.15, 0.2) is 5.82 Å². The molecular formula is C18H18BN5O4. The van der Waals surface area contributed by atoms with E-state index >= 15 is 0 Å². The van der Waals surface area contributed by atoms with Crippen molar-refractivity contribution in [1.29, 1.82) is 5.26 Å². The number of nitrogens with zero attached hydrogens (tertiary/aromatic N) is 3. The second-order valence-electron chi connectivity index (χ2n) is 6.65. The molecule has 0 saturated carbocycles. The first-order chi connectivity index (χ1) is 13.5. The zero-order valence-electron chi connectivity index (χ0n) is 14.9. The Morgan fingerprint density at radius 2 is 2.36 bits per heavy atom. The van der Waals surface area contributed by atoms with Crippen molar-refractivity contribution >= 4 is 30.6 Å². The number of nitriles is 1. The van der Waals surface area contributed by atoms with E-state index in [9.17, 15) is 15.1 Å². The number of hydrogen-bond donors (Lipinski definition) is 3. The molecule has 142 valence electrons. The van der Waals surface area contributed by atoms with Crippen LogP contribution in [-0.4, -0.2) is 41.0 Å². The average molecular weight is 379 g/mol. The summed E-state index contributed by atoms with van der Waals surface area (Å²) in [6.45, 7) is 0.879. The van der Waals surface area contributed by atoms with E-state index in [0.717, 1.165) is 5.56 Å². The van der Waals surface area contributed by atoms with Gasteiger partial charge < -0.3 is 25.5 Å². The highest BCUT2D eigenvalue weighted by molar-refractivity contribution is 6.51. The molecule has 10 heteroatoms. The number of benzene rings is 1. The normalized spacial score (nSPS) is 20.8. The molecule has 4 N–H and O–H groups in total. The van der Waals surface area contributed by atoms with Crippen LogP contribution in [0.4, 0.5) is 11.5 Å². The van der Waals surface area contributed by atoms with Crippen LogP contribution in [0.25, 0.3) is 6.08 Å². The Labute approximate surface area is 161 Å². The third-order valence-corrected chi connectivity index (χ3v) is 4.79. The number of fused-ring (bicyclic) bond motifs is 1. The quantitative estimate of drug-likeness (QED) is 0.681. The number of hydrogen-bond acceptors (Lipinski definition) is 7. The number of aromatic nitrogens is 2. The van der Waals surface area contributed by atoms with E-state index in [1.807, 2.05) is 6.07 Å². The van der Waals surface area contributed by atoms with E-state index in [2.05, 4.69) is 16.5 Å². The molecule has 1 fully saturated rings. The number of nitrogens with two attached hydrogens (primary N) is 1. The van der Waals surface area contributed by atoms with Crippen molar-refractivity contribution in [3.8, 4) is 11.8 Å². The molecule has 1 unspecified atom stereocenters. The number of nitrogens with one attached hydrogen (secondary N) is 1. The Kier molecular flexibility index (Phi) is 4.77. The maximum Gasteiger partial charge on any atom is 0.552 e. The van der Waals surface area contributed by atoms with Crippen LogP contribution in [0, 0.1) is 17.2 Å². The van der Waals surface area contributed by atoms with Crippen LogP contribution in [-0.2, 0) is 4.74 Å². The minimum Gasteiger partial charge on any atom is -0.532 e. The van der Waals surface area contributed by atoms with E-state index in [-0.39, 0.29) is 17.5 Å². The number of rotatable bonds is 4. The van der Waals surface area contributed by atoms with Gasteiger partial charge in [0.1, 0.15) is 11.3 Å². The van der Waals surface area contributed by atoms with Gasteiger partial charge in [0.05, 0.1) is 24.6 Å². The minimum absolute atomic E-state index is 0.224. The smallest absolute Gasteiger partial charge is 0.532 e. The molecule has 3 heterocycles. The molecule has 1 amide bonds. The van der Waals surface area contributed by atoms with Crippen LogP contribution < -0.4 is 15.7 Å². The van der Waals surface area contributed by atoms with E-state index in [0.29, 0.717) is 36.9 Å². The number of carbonyl (C=O) groups excluding carboxylic acids is 1. The summed E-state index contributed by atoms with van der Waals surface area (Å²) < 4.78 is 12.4. The van der Waals surface area contributed by atoms with Crippen LogP contribution in [0.1, 0.15) is 28.4 Å². The van der Waals surface area contributed by atoms with Gasteiger partial charge in [-0.3, -0.25) is 9.48 Å². The van der Waals surface area contributed by atoms with Crippen LogP contribution in [0.3, 0.4) is 0 Å². The molecule has 2 atom stereocenters. The van der Waals surface area contributed by atoms with E-state index in [1.54, 1.807) is 29.1 Å². The largest absolute Gasteiger partial charge is 0.552 e. The average Bonchev–Trinajstić information content (AvgIpc) is 3.12. The Balaban J connectivity index is 1.63. The first kappa shape index (κ1) is 18.1. The fourth-order valence-electron chi connectivity index (χ4n) is 3.32. The molecule has 1 aromatic carbocycles. The molecule has 28 heavy (non-hydrogen) atoms. The molecule has 0 bridgehead atoms. The molecular weight excluding hydrogens is 361 g/mol. The molecule has 1 saturated heterocycles. The summed E-state index contributed by atoms with van der Waals surface area (Å²) in [6, 6.07) is 7.26. The topological polar surface area (TPSA) is 135 Å². The molecule has 0 spiro atoms. The Bertz CT molecular complexity index is 983. The van der Waals surface area contributed by atoms with Gasteiger partial charge in [0.25, 0.3) is 5.91 Å². The maximum atomic E-state index is 11.9. The highest BCUT2D eigenvalue weighted by Gasteiger charge is 2.29. The Morgan fingerprint density at radius 3 is 3.14 bits per heavy atom. The number of primary amides is 1. The zero-order valence-corrected chi connectivity index (χ0v) is 14.9. The van der Waals surface area contributed by atoms with Gasteiger partial charge >= 0.3 is 7.12 Å². The summed E-state index contributed by atoms with van der Waals surface area (Å²) in [5.74, 6) is 1.51. The predicted octanol–water partition coefficient (Wildman–Crippen LogP) is 1.25. The van der Waals surface area contributed by atoms with E-state index < -0.39 is 13.0 Å². The molecule has 2 aliphatic rings.